The van der Waals surface area contributed by atoms with Gasteiger partial charge in [0.15, 0.2) is 5.11 Å². The van der Waals surface area contributed by atoms with Gasteiger partial charge in [0, 0.05) is 29.9 Å². The molecule has 1 N–H and O–H groups in total. The lowest BCUT2D eigenvalue weighted by Crippen LogP contribution is -2.34. The smallest absolute Gasteiger partial charge is 0.269 e. The van der Waals surface area contributed by atoms with Crippen molar-refractivity contribution >= 4 is 40.3 Å². The minimum absolute atomic E-state index is 0.0368. The maximum atomic E-state index is 10.6. The van der Waals surface area contributed by atoms with Crippen molar-refractivity contribution < 1.29 is 9.66 Å². The number of hydrogen-bond donors (Lipinski definition) is 1. The van der Waals surface area contributed by atoms with Crippen molar-refractivity contribution in [3.05, 3.63) is 63.7 Å². The highest BCUT2D eigenvalue weighted by Gasteiger charge is 2.07. The summed E-state index contributed by atoms with van der Waals surface area (Å²) < 4.78 is 5.61. The Balaban J connectivity index is 1.80. The lowest BCUT2D eigenvalue weighted by Gasteiger charge is -2.21. The summed E-state index contributed by atoms with van der Waals surface area (Å²) in [5.41, 5.74) is 0.725. The summed E-state index contributed by atoms with van der Waals surface area (Å²) in [7, 11) is 1.84. The van der Waals surface area contributed by atoms with Gasteiger partial charge in [-0.15, -0.1) is 0 Å². The van der Waals surface area contributed by atoms with Crippen LogP contribution in [0.5, 0.6) is 5.75 Å². The van der Waals surface area contributed by atoms with Crippen molar-refractivity contribution in [2.45, 2.75) is 0 Å². The minimum atomic E-state index is -0.443. The van der Waals surface area contributed by atoms with E-state index in [0.717, 1.165) is 0 Å². The van der Waals surface area contributed by atoms with Crippen LogP contribution in [-0.4, -0.2) is 35.1 Å². The van der Waals surface area contributed by atoms with Crippen molar-refractivity contribution in [1.82, 2.24) is 4.90 Å². The second-order valence-electron chi connectivity index (χ2n) is 4.96. The van der Waals surface area contributed by atoms with Gasteiger partial charge < -0.3 is 15.0 Å². The first kappa shape index (κ1) is 18.0. The van der Waals surface area contributed by atoms with Gasteiger partial charge >= 0.3 is 0 Å². The molecule has 2 rings (SSSR count). The van der Waals surface area contributed by atoms with Crippen molar-refractivity contribution in [3.8, 4) is 5.75 Å². The number of halogens is 1. The Labute approximate surface area is 150 Å². The molecule has 0 spiro atoms. The van der Waals surface area contributed by atoms with E-state index in [1.165, 1.54) is 12.1 Å². The second-order valence-corrected chi connectivity index (χ2v) is 5.78. The molecule has 2 aromatic rings. The first-order valence-electron chi connectivity index (χ1n) is 7.10. The number of nitrogens with one attached hydrogen (secondary N) is 1. The quantitative estimate of drug-likeness (QED) is 0.475. The maximum absolute atomic E-state index is 10.6. The van der Waals surface area contributed by atoms with E-state index < -0.39 is 4.92 Å². The topological polar surface area (TPSA) is 67.6 Å². The third kappa shape index (κ3) is 5.36. The lowest BCUT2D eigenvalue weighted by atomic mass is 10.3. The molecular weight excluding hydrogens is 350 g/mol. The molecule has 0 atom stereocenters. The summed E-state index contributed by atoms with van der Waals surface area (Å²) in [6.45, 7) is 1.02. The Morgan fingerprint density at radius 1 is 1.33 bits per heavy atom. The molecule has 0 fully saturated rings. The van der Waals surface area contributed by atoms with Gasteiger partial charge in [-0.3, -0.25) is 10.1 Å². The zero-order chi connectivity index (χ0) is 17.5. The summed E-state index contributed by atoms with van der Waals surface area (Å²) in [6.07, 6.45) is 0. The van der Waals surface area contributed by atoms with Gasteiger partial charge in [0.1, 0.15) is 12.4 Å². The second kappa shape index (κ2) is 8.47. The average Bonchev–Trinajstić information content (AvgIpc) is 2.55. The molecule has 126 valence electrons. The molecule has 0 radical (unpaired) electrons. The van der Waals surface area contributed by atoms with Crippen LogP contribution in [0.3, 0.4) is 0 Å². The van der Waals surface area contributed by atoms with Gasteiger partial charge in [-0.05, 0) is 42.5 Å². The third-order valence-electron chi connectivity index (χ3n) is 3.17. The van der Waals surface area contributed by atoms with Crippen LogP contribution in [-0.2, 0) is 0 Å². The predicted molar refractivity (Wildman–Crippen MR) is 98.9 cm³/mol. The molecule has 0 aliphatic rings. The third-order valence-corrected chi connectivity index (χ3v) is 3.82. The van der Waals surface area contributed by atoms with Gasteiger partial charge in [0.05, 0.1) is 11.5 Å². The molecular formula is C16H16ClN3O3S. The molecule has 0 saturated heterocycles. The first-order valence-corrected chi connectivity index (χ1v) is 7.89. The van der Waals surface area contributed by atoms with Crippen molar-refractivity contribution in [2.24, 2.45) is 0 Å². The molecule has 0 unspecified atom stereocenters. The Hall–Kier alpha value is -2.38. The van der Waals surface area contributed by atoms with Crippen molar-refractivity contribution in [2.75, 3.05) is 25.5 Å². The standard InChI is InChI=1S/C16H16ClN3O3S/c1-19(9-10-23-15-4-2-3-12(17)11-15)16(24)18-13-5-7-14(8-6-13)20(21)22/h2-8,11H,9-10H2,1H3,(H,18,24). The van der Waals surface area contributed by atoms with Gasteiger partial charge in [0.2, 0.25) is 0 Å². The number of nitrogens with zero attached hydrogens (tertiary/aromatic N) is 2. The fourth-order valence-electron chi connectivity index (χ4n) is 1.84. The molecule has 6 nitrogen and oxygen atoms in total. The summed E-state index contributed by atoms with van der Waals surface area (Å²) in [4.78, 5) is 12.0. The number of likely N-dealkylation sites (N-methyl/N-ethyl adjacent to an activating group) is 1. The van der Waals surface area contributed by atoms with E-state index in [2.05, 4.69) is 5.32 Å². The molecule has 0 aliphatic heterocycles. The van der Waals surface area contributed by atoms with Gasteiger partial charge in [0.25, 0.3) is 5.69 Å². The first-order chi connectivity index (χ1) is 11.5. The van der Waals surface area contributed by atoms with Crippen molar-refractivity contribution in [1.29, 1.82) is 0 Å². The van der Waals surface area contributed by atoms with E-state index in [-0.39, 0.29) is 5.69 Å². The van der Waals surface area contributed by atoms with Crippen LogP contribution in [0, 0.1) is 10.1 Å². The number of anilines is 1. The molecule has 0 amide bonds. The summed E-state index contributed by atoms with van der Waals surface area (Å²) in [6, 6.07) is 13.3. The largest absolute Gasteiger partial charge is 0.492 e. The van der Waals surface area contributed by atoms with Crippen LogP contribution in [0.25, 0.3) is 0 Å². The number of rotatable bonds is 6. The molecule has 0 aromatic heterocycles. The Morgan fingerprint density at radius 2 is 2.04 bits per heavy atom. The van der Waals surface area contributed by atoms with Crippen LogP contribution in [0.4, 0.5) is 11.4 Å². The van der Waals surface area contributed by atoms with E-state index in [4.69, 9.17) is 28.6 Å². The Kier molecular flexibility index (Phi) is 6.34. The fourth-order valence-corrected chi connectivity index (χ4v) is 2.23. The monoisotopic (exact) mass is 365 g/mol. The number of nitro groups is 1. The molecule has 0 heterocycles. The lowest BCUT2D eigenvalue weighted by molar-refractivity contribution is -0.384. The summed E-state index contributed by atoms with van der Waals surface area (Å²) >= 11 is 11.2. The molecule has 0 bridgehead atoms. The number of thiocarbonyl (C=S) groups is 1. The number of ether oxygens (including phenoxy) is 1. The highest BCUT2D eigenvalue weighted by molar-refractivity contribution is 7.80. The predicted octanol–water partition coefficient (Wildman–Crippen LogP) is 3.96. The SMILES string of the molecule is CN(CCOc1cccc(Cl)c1)C(=S)Nc1ccc([N+](=O)[O-])cc1. The van der Waals surface area contributed by atoms with Crippen molar-refractivity contribution in [3.63, 3.8) is 0 Å². The number of hydrogen-bond acceptors (Lipinski definition) is 4. The zero-order valence-corrected chi connectivity index (χ0v) is 14.5. The number of nitro benzene ring substituents is 1. The van der Waals surface area contributed by atoms with Gasteiger partial charge in [-0.25, -0.2) is 0 Å². The molecule has 8 heteroatoms. The highest BCUT2D eigenvalue weighted by Crippen LogP contribution is 2.17. The molecule has 2 aromatic carbocycles. The van der Waals surface area contributed by atoms with E-state index >= 15 is 0 Å². The van der Waals surface area contributed by atoms with Crippen LogP contribution in [0.2, 0.25) is 5.02 Å². The minimum Gasteiger partial charge on any atom is -0.492 e. The summed E-state index contributed by atoms with van der Waals surface area (Å²) in [5, 5.41) is 14.8. The average molecular weight is 366 g/mol. The van der Waals surface area contributed by atoms with E-state index in [1.54, 1.807) is 24.3 Å². The van der Waals surface area contributed by atoms with E-state index in [0.29, 0.717) is 34.7 Å². The number of non-ortho nitro benzene ring substituents is 1. The van der Waals surface area contributed by atoms with Crippen LogP contribution in [0.15, 0.2) is 48.5 Å². The van der Waals surface area contributed by atoms with E-state index in [9.17, 15) is 10.1 Å². The van der Waals surface area contributed by atoms with Crippen LogP contribution >= 0.6 is 23.8 Å². The maximum Gasteiger partial charge on any atom is 0.269 e. The fraction of sp³-hybridized carbons (Fsp3) is 0.188. The van der Waals surface area contributed by atoms with E-state index in [1.807, 2.05) is 24.1 Å². The normalized spacial score (nSPS) is 10.1. The van der Waals surface area contributed by atoms with Gasteiger partial charge in [-0.1, -0.05) is 17.7 Å². The van der Waals surface area contributed by atoms with Crippen LogP contribution in [0.1, 0.15) is 0 Å². The zero-order valence-electron chi connectivity index (χ0n) is 12.9. The Bertz CT molecular complexity index is 725. The molecule has 0 aliphatic carbocycles. The number of benzene rings is 2. The molecule has 24 heavy (non-hydrogen) atoms. The van der Waals surface area contributed by atoms with Gasteiger partial charge in [-0.2, -0.15) is 0 Å². The highest BCUT2D eigenvalue weighted by atomic mass is 35.5. The summed E-state index contributed by atoms with van der Waals surface area (Å²) in [5.74, 6) is 0.699. The van der Waals surface area contributed by atoms with Crippen LogP contribution < -0.4 is 10.1 Å². The Morgan fingerprint density at radius 3 is 2.67 bits per heavy atom. The molecule has 0 saturated carbocycles.